The highest BCUT2D eigenvalue weighted by Crippen LogP contribution is 2.24. The first kappa shape index (κ1) is 22.0. The van der Waals surface area contributed by atoms with Crippen LogP contribution in [0, 0.1) is 0 Å². The van der Waals surface area contributed by atoms with Crippen LogP contribution in [0.2, 0.25) is 0 Å². The van der Waals surface area contributed by atoms with E-state index in [1.165, 1.54) is 0 Å². The van der Waals surface area contributed by atoms with Gasteiger partial charge in [-0.2, -0.15) is 0 Å². The van der Waals surface area contributed by atoms with Gasteiger partial charge in [0.25, 0.3) is 0 Å². The van der Waals surface area contributed by atoms with Crippen molar-refractivity contribution in [1.29, 1.82) is 0 Å². The van der Waals surface area contributed by atoms with Crippen molar-refractivity contribution >= 4 is 5.97 Å². The molecule has 0 amide bonds. The predicted octanol–water partition coefficient (Wildman–Crippen LogP) is -1.25. The number of carboxylic acids is 1. The van der Waals surface area contributed by atoms with Crippen molar-refractivity contribution in [3.63, 3.8) is 0 Å². The van der Waals surface area contributed by atoms with Gasteiger partial charge in [0.2, 0.25) is 0 Å². The lowest BCUT2D eigenvalue weighted by atomic mass is 9.99. The first-order valence-electron chi connectivity index (χ1n) is 8.28. The fourth-order valence-corrected chi connectivity index (χ4v) is 2.42. The molecule has 1 aliphatic heterocycles. The number of aliphatic hydroxyl groups excluding tert-OH is 5. The molecule has 0 aliphatic carbocycles. The molecule has 0 aromatic carbocycles. The van der Waals surface area contributed by atoms with Gasteiger partial charge in [0.15, 0.2) is 6.29 Å². The normalized spacial score (nSPS) is 32.6. The number of aliphatic carboxylic acids is 1. The molecule has 7 atom stereocenters. The predicted molar refractivity (Wildman–Crippen MR) is 85.6 cm³/mol. The van der Waals surface area contributed by atoms with E-state index in [0.29, 0.717) is 19.3 Å². The fraction of sp³-hybridized carbons (Fsp3) is 0.812. The molecule has 0 spiro atoms. The second-order valence-electron chi connectivity index (χ2n) is 6.16. The molecule has 0 saturated carbocycles. The Bertz CT molecular complexity index is 424. The summed E-state index contributed by atoms with van der Waals surface area (Å²) in [4.78, 5) is 10.5. The highest BCUT2D eigenvalue weighted by molar-refractivity contribution is 5.66. The number of hydrogen-bond acceptors (Lipinski definition) is 8. The van der Waals surface area contributed by atoms with E-state index in [1.807, 2.05) is 0 Å². The van der Waals surface area contributed by atoms with Crippen molar-refractivity contribution in [2.24, 2.45) is 0 Å². The van der Waals surface area contributed by atoms with Gasteiger partial charge in [0.05, 0.1) is 18.8 Å². The summed E-state index contributed by atoms with van der Waals surface area (Å²) >= 11 is 0. The first-order valence-corrected chi connectivity index (χ1v) is 8.28. The fourth-order valence-electron chi connectivity index (χ4n) is 2.42. The van der Waals surface area contributed by atoms with Gasteiger partial charge in [0, 0.05) is 6.42 Å². The number of ether oxygens (including phenoxy) is 2. The number of aliphatic hydroxyl groups is 5. The van der Waals surface area contributed by atoms with Gasteiger partial charge in [-0.05, 0) is 26.2 Å². The topological polar surface area (TPSA) is 157 Å². The van der Waals surface area contributed by atoms with Crippen LogP contribution >= 0.6 is 0 Å². The van der Waals surface area contributed by atoms with Crippen LogP contribution in [0.25, 0.3) is 0 Å². The lowest BCUT2D eigenvalue weighted by Gasteiger charge is -2.40. The van der Waals surface area contributed by atoms with Gasteiger partial charge in [-0.3, -0.25) is 4.79 Å². The van der Waals surface area contributed by atoms with Crippen molar-refractivity contribution in [2.75, 3.05) is 6.61 Å². The van der Waals surface area contributed by atoms with Crippen LogP contribution in [0.5, 0.6) is 0 Å². The Hall–Kier alpha value is -1.07. The third-order valence-corrected chi connectivity index (χ3v) is 3.90. The Labute approximate surface area is 146 Å². The molecule has 9 nitrogen and oxygen atoms in total. The van der Waals surface area contributed by atoms with E-state index in [-0.39, 0.29) is 6.42 Å². The SMILES string of the molecule is CC(O)CCC(C=CCCC(=O)O)OC1OC(CO)C(O)C(O)C1O. The van der Waals surface area contributed by atoms with Crippen molar-refractivity contribution in [3.8, 4) is 0 Å². The number of allylic oxidation sites excluding steroid dienone is 1. The molecule has 0 radical (unpaired) electrons. The largest absolute Gasteiger partial charge is 0.481 e. The Morgan fingerprint density at radius 1 is 1.20 bits per heavy atom. The van der Waals surface area contributed by atoms with Crippen LogP contribution in [0.4, 0.5) is 0 Å². The summed E-state index contributed by atoms with van der Waals surface area (Å²) in [6, 6.07) is 0. The van der Waals surface area contributed by atoms with E-state index in [1.54, 1.807) is 19.1 Å². The molecule has 146 valence electrons. The molecule has 1 aliphatic rings. The van der Waals surface area contributed by atoms with E-state index in [4.69, 9.17) is 14.6 Å². The Balaban J connectivity index is 2.71. The molecule has 0 aromatic heterocycles. The molecule has 0 aromatic rings. The summed E-state index contributed by atoms with van der Waals surface area (Å²) in [7, 11) is 0. The summed E-state index contributed by atoms with van der Waals surface area (Å²) in [6.07, 6.45) is -3.82. The number of carbonyl (C=O) groups is 1. The second-order valence-corrected chi connectivity index (χ2v) is 6.16. The van der Waals surface area contributed by atoms with Crippen LogP contribution in [-0.2, 0) is 14.3 Å². The van der Waals surface area contributed by atoms with Crippen molar-refractivity contribution in [3.05, 3.63) is 12.2 Å². The summed E-state index contributed by atoms with van der Waals surface area (Å²) in [5, 5.41) is 56.8. The molecule has 7 unspecified atom stereocenters. The van der Waals surface area contributed by atoms with Gasteiger partial charge in [-0.1, -0.05) is 12.2 Å². The standard InChI is InChI=1S/C16H28O9/c1-9(18)6-7-10(4-2-3-5-12(19)20)24-16-15(23)14(22)13(21)11(8-17)25-16/h2,4,9-11,13-18,21-23H,3,5-8H2,1H3,(H,19,20). The number of rotatable bonds is 10. The zero-order valence-corrected chi connectivity index (χ0v) is 14.1. The maximum Gasteiger partial charge on any atom is 0.303 e. The molecule has 1 fully saturated rings. The molecule has 6 N–H and O–H groups in total. The lowest BCUT2D eigenvalue weighted by molar-refractivity contribution is -0.308. The van der Waals surface area contributed by atoms with Gasteiger partial charge in [-0.25, -0.2) is 0 Å². The van der Waals surface area contributed by atoms with Gasteiger partial charge in [-0.15, -0.1) is 0 Å². The average Bonchev–Trinajstić information content (AvgIpc) is 2.56. The Morgan fingerprint density at radius 3 is 2.44 bits per heavy atom. The van der Waals surface area contributed by atoms with Crippen LogP contribution < -0.4 is 0 Å². The van der Waals surface area contributed by atoms with Gasteiger partial charge < -0.3 is 40.1 Å². The minimum Gasteiger partial charge on any atom is -0.481 e. The van der Waals surface area contributed by atoms with Crippen molar-refractivity contribution < 1.29 is 44.9 Å². The third-order valence-electron chi connectivity index (χ3n) is 3.90. The van der Waals surface area contributed by atoms with Gasteiger partial charge >= 0.3 is 5.97 Å². The zero-order chi connectivity index (χ0) is 19.0. The summed E-state index contributed by atoms with van der Waals surface area (Å²) < 4.78 is 10.9. The molecular weight excluding hydrogens is 336 g/mol. The summed E-state index contributed by atoms with van der Waals surface area (Å²) in [5.74, 6) is -0.931. The monoisotopic (exact) mass is 364 g/mol. The average molecular weight is 364 g/mol. The lowest BCUT2D eigenvalue weighted by Crippen LogP contribution is -2.59. The van der Waals surface area contributed by atoms with Crippen LogP contribution in [0.15, 0.2) is 12.2 Å². The minimum absolute atomic E-state index is 0.0420. The summed E-state index contributed by atoms with van der Waals surface area (Å²) in [6.45, 7) is 1.05. The maximum absolute atomic E-state index is 10.5. The maximum atomic E-state index is 10.5. The highest BCUT2D eigenvalue weighted by Gasteiger charge is 2.44. The highest BCUT2D eigenvalue weighted by atomic mass is 16.7. The van der Waals surface area contributed by atoms with Crippen LogP contribution in [0.1, 0.15) is 32.6 Å². The Kier molecular flexibility index (Phi) is 9.51. The van der Waals surface area contributed by atoms with E-state index in [2.05, 4.69) is 0 Å². The molecule has 0 bridgehead atoms. The van der Waals surface area contributed by atoms with E-state index in [0.717, 1.165) is 0 Å². The van der Waals surface area contributed by atoms with Crippen LogP contribution in [-0.4, -0.2) is 86.1 Å². The second kappa shape index (κ2) is 10.8. The molecular formula is C16H28O9. The number of carboxylic acid groups (broad SMARTS) is 1. The Morgan fingerprint density at radius 2 is 1.88 bits per heavy atom. The minimum atomic E-state index is -1.54. The first-order chi connectivity index (χ1) is 11.8. The molecule has 25 heavy (non-hydrogen) atoms. The molecule has 1 saturated heterocycles. The quantitative estimate of drug-likeness (QED) is 0.261. The molecule has 1 heterocycles. The van der Waals surface area contributed by atoms with E-state index in [9.17, 15) is 30.3 Å². The van der Waals surface area contributed by atoms with Crippen molar-refractivity contribution in [1.82, 2.24) is 0 Å². The third kappa shape index (κ3) is 7.37. The molecule has 9 heteroatoms. The smallest absolute Gasteiger partial charge is 0.303 e. The molecule has 1 rings (SSSR count). The zero-order valence-electron chi connectivity index (χ0n) is 14.1. The van der Waals surface area contributed by atoms with Crippen molar-refractivity contribution in [2.45, 2.75) is 75.5 Å². The van der Waals surface area contributed by atoms with Gasteiger partial charge in [0.1, 0.15) is 24.4 Å². The number of hydrogen-bond donors (Lipinski definition) is 6. The summed E-state index contributed by atoms with van der Waals surface area (Å²) in [5.41, 5.74) is 0. The van der Waals surface area contributed by atoms with E-state index < -0.39 is 55.5 Å². The van der Waals surface area contributed by atoms with Crippen LogP contribution in [0.3, 0.4) is 0 Å². The van der Waals surface area contributed by atoms with E-state index >= 15 is 0 Å².